The molecule has 156 valence electrons. The molecule has 0 radical (unpaired) electrons. The van der Waals surface area contributed by atoms with E-state index in [1.165, 1.54) is 0 Å². The minimum atomic E-state index is -0.225. The number of aryl methyl sites for hydroxylation is 2. The van der Waals surface area contributed by atoms with E-state index in [1.54, 1.807) is 21.7 Å². The van der Waals surface area contributed by atoms with Gasteiger partial charge in [0.15, 0.2) is 17.1 Å². The third kappa shape index (κ3) is 3.41. The van der Waals surface area contributed by atoms with Gasteiger partial charge in [0.1, 0.15) is 18.5 Å². The Hall–Kier alpha value is -3.33. The number of rotatable bonds is 4. The lowest BCUT2D eigenvalue weighted by Crippen LogP contribution is -2.47. The second-order valence-electron chi connectivity index (χ2n) is 7.38. The Labute approximate surface area is 173 Å². The summed E-state index contributed by atoms with van der Waals surface area (Å²) in [6, 6.07) is 7.33. The summed E-state index contributed by atoms with van der Waals surface area (Å²) >= 11 is 0. The first kappa shape index (κ1) is 18.7. The number of ether oxygens (including phenoxy) is 4. The van der Waals surface area contributed by atoms with Crippen molar-refractivity contribution in [3.05, 3.63) is 47.4 Å². The molecule has 2 aliphatic heterocycles. The Balaban J connectivity index is 1.26. The van der Waals surface area contributed by atoms with Crippen LogP contribution >= 0.6 is 0 Å². The molecule has 1 aromatic carbocycles. The Kier molecular flexibility index (Phi) is 4.66. The molecule has 4 heterocycles. The van der Waals surface area contributed by atoms with E-state index in [0.29, 0.717) is 49.1 Å². The van der Waals surface area contributed by atoms with Gasteiger partial charge >= 0.3 is 0 Å². The average Bonchev–Trinajstić information content (AvgIpc) is 3.38. The Morgan fingerprint density at radius 1 is 1.23 bits per heavy atom. The van der Waals surface area contributed by atoms with Crippen molar-refractivity contribution in [2.75, 3.05) is 33.1 Å². The molecule has 0 N–H and O–H groups in total. The summed E-state index contributed by atoms with van der Waals surface area (Å²) in [4.78, 5) is 19.3. The van der Waals surface area contributed by atoms with Crippen molar-refractivity contribution in [2.24, 2.45) is 0 Å². The molecule has 0 bridgehead atoms. The lowest BCUT2D eigenvalue weighted by Gasteiger charge is -2.33. The van der Waals surface area contributed by atoms with Gasteiger partial charge in [-0.1, -0.05) is 0 Å². The highest BCUT2D eigenvalue weighted by molar-refractivity contribution is 5.95. The maximum atomic E-state index is 13.1. The van der Waals surface area contributed by atoms with Crippen LogP contribution in [0.1, 0.15) is 21.7 Å². The number of carbonyl (C=O) groups is 1. The van der Waals surface area contributed by atoms with Crippen molar-refractivity contribution in [2.45, 2.75) is 20.0 Å². The minimum absolute atomic E-state index is 0.0774. The molecular weight excluding hydrogens is 388 g/mol. The zero-order chi connectivity index (χ0) is 20.7. The van der Waals surface area contributed by atoms with Crippen molar-refractivity contribution in [1.82, 2.24) is 19.5 Å². The van der Waals surface area contributed by atoms with Crippen molar-refractivity contribution in [1.29, 1.82) is 0 Å². The molecule has 1 amide bonds. The standard InChI is InChI=1S/C21H22N4O5/c1-13-7-20-22-9-17(14(2)25(20)23-13)21(26)24-5-6-27-16(10-24)11-28-15-3-4-18-19(8-15)30-12-29-18/h3-4,7-9,16H,5-6,10-12H2,1-2H3. The number of fused-ring (bicyclic) bond motifs is 2. The molecular formula is C21H22N4O5. The predicted molar refractivity (Wildman–Crippen MR) is 106 cm³/mol. The van der Waals surface area contributed by atoms with Crippen LogP contribution in [0.3, 0.4) is 0 Å². The summed E-state index contributed by atoms with van der Waals surface area (Å²) in [5, 5.41) is 4.42. The fraction of sp³-hybridized carbons (Fsp3) is 0.381. The summed E-state index contributed by atoms with van der Waals surface area (Å²) in [6.07, 6.45) is 1.40. The molecule has 1 unspecified atom stereocenters. The summed E-state index contributed by atoms with van der Waals surface area (Å²) < 4.78 is 24.1. The van der Waals surface area contributed by atoms with E-state index in [-0.39, 0.29) is 18.8 Å². The molecule has 3 aromatic rings. The molecule has 9 nitrogen and oxygen atoms in total. The number of hydrogen-bond donors (Lipinski definition) is 0. The largest absolute Gasteiger partial charge is 0.491 e. The summed E-state index contributed by atoms with van der Waals surface area (Å²) in [5.41, 5.74) is 2.92. The number of aromatic nitrogens is 3. The van der Waals surface area contributed by atoms with Crippen LogP contribution in [0.2, 0.25) is 0 Å². The van der Waals surface area contributed by atoms with Gasteiger partial charge in [-0.3, -0.25) is 4.79 Å². The maximum absolute atomic E-state index is 13.1. The van der Waals surface area contributed by atoms with Gasteiger partial charge in [-0.05, 0) is 26.0 Å². The molecule has 0 aliphatic carbocycles. The number of hydrogen-bond acceptors (Lipinski definition) is 7. The molecule has 5 rings (SSSR count). The van der Waals surface area contributed by atoms with E-state index < -0.39 is 0 Å². The van der Waals surface area contributed by atoms with Gasteiger partial charge in [0.25, 0.3) is 5.91 Å². The Morgan fingerprint density at radius 3 is 3.00 bits per heavy atom. The number of nitrogens with zero attached hydrogens (tertiary/aromatic N) is 4. The maximum Gasteiger partial charge on any atom is 0.257 e. The quantitative estimate of drug-likeness (QED) is 0.650. The van der Waals surface area contributed by atoms with Crippen molar-refractivity contribution >= 4 is 11.6 Å². The van der Waals surface area contributed by atoms with Gasteiger partial charge in [0, 0.05) is 24.9 Å². The summed E-state index contributed by atoms with van der Waals surface area (Å²) in [6.45, 7) is 5.76. The Bertz CT molecular complexity index is 1110. The number of morpholine rings is 1. The van der Waals surface area contributed by atoms with Gasteiger partial charge in [-0.15, -0.1) is 0 Å². The number of benzene rings is 1. The summed E-state index contributed by atoms with van der Waals surface area (Å²) in [5.74, 6) is 1.97. The molecule has 2 aromatic heterocycles. The van der Waals surface area contributed by atoms with Crippen LogP contribution < -0.4 is 14.2 Å². The van der Waals surface area contributed by atoms with E-state index in [0.717, 1.165) is 17.0 Å². The predicted octanol–water partition coefficient (Wildman–Crippen LogP) is 1.99. The summed E-state index contributed by atoms with van der Waals surface area (Å²) in [7, 11) is 0. The van der Waals surface area contributed by atoms with E-state index in [4.69, 9.17) is 18.9 Å². The van der Waals surface area contributed by atoms with Crippen LogP contribution in [0, 0.1) is 13.8 Å². The van der Waals surface area contributed by atoms with Gasteiger partial charge in [-0.25, -0.2) is 9.50 Å². The second kappa shape index (κ2) is 7.49. The monoisotopic (exact) mass is 410 g/mol. The molecule has 1 atom stereocenters. The van der Waals surface area contributed by atoms with Crippen LogP contribution in [0.25, 0.3) is 5.65 Å². The van der Waals surface area contributed by atoms with E-state index >= 15 is 0 Å². The molecule has 1 saturated heterocycles. The third-order valence-corrected chi connectivity index (χ3v) is 5.28. The Morgan fingerprint density at radius 2 is 2.10 bits per heavy atom. The molecule has 30 heavy (non-hydrogen) atoms. The van der Waals surface area contributed by atoms with Crippen molar-refractivity contribution < 1.29 is 23.7 Å². The van der Waals surface area contributed by atoms with Crippen LogP contribution in [-0.2, 0) is 4.74 Å². The first-order chi connectivity index (χ1) is 14.6. The van der Waals surface area contributed by atoms with E-state index in [2.05, 4.69) is 10.1 Å². The lowest BCUT2D eigenvalue weighted by atomic mass is 10.2. The third-order valence-electron chi connectivity index (χ3n) is 5.28. The normalized spacial score (nSPS) is 18.1. The van der Waals surface area contributed by atoms with Crippen LogP contribution in [0.5, 0.6) is 17.2 Å². The van der Waals surface area contributed by atoms with Crippen LogP contribution in [0.4, 0.5) is 0 Å². The van der Waals surface area contributed by atoms with E-state index in [9.17, 15) is 4.79 Å². The first-order valence-corrected chi connectivity index (χ1v) is 9.84. The van der Waals surface area contributed by atoms with Gasteiger partial charge in [0.2, 0.25) is 6.79 Å². The highest BCUT2D eigenvalue weighted by Crippen LogP contribution is 2.35. The van der Waals surface area contributed by atoms with Gasteiger partial charge < -0.3 is 23.8 Å². The minimum Gasteiger partial charge on any atom is -0.491 e. The van der Waals surface area contributed by atoms with Crippen molar-refractivity contribution in [3.8, 4) is 17.2 Å². The highest BCUT2D eigenvalue weighted by Gasteiger charge is 2.27. The van der Waals surface area contributed by atoms with Crippen molar-refractivity contribution in [3.63, 3.8) is 0 Å². The van der Waals surface area contributed by atoms with E-state index in [1.807, 2.05) is 32.0 Å². The fourth-order valence-electron chi connectivity index (χ4n) is 3.70. The smallest absolute Gasteiger partial charge is 0.257 e. The molecule has 1 fully saturated rings. The fourth-order valence-corrected chi connectivity index (χ4v) is 3.70. The molecule has 2 aliphatic rings. The zero-order valence-electron chi connectivity index (χ0n) is 16.8. The first-order valence-electron chi connectivity index (χ1n) is 9.84. The molecule has 9 heteroatoms. The number of carbonyl (C=O) groups excluding carboxylic acids is 1. The lowest BCUT2D eigenvalue weighted by molar-refractivity contribution is -0.0401. The second-order valence-corrected chi connectivity index (χ2v) is 7.38. The molecule has 0 saturated carbocycles. The van der Waals surface area contributed by atoms with Gasteiger partial charge in [0.05, 0.1) is 30.1 Å². The average molecular weight is 410 g/mol. The zero-order valence-corrected chi connectivity index (χ0v) is 16.8. The number of amides is 1. The SMILES string of the molecule is Cc1cc2ncc(C(=O)N3CCOC(COc4ccc5c(c4)OCO5)C3)c(C)n2n1. The molecule has 0 spiro atoms. The van der Waals surface area contributed by atoms with Crippen LogP contribution in [-0.4, -0.2) is 64.6 Å². The van der Waals surface area contributed by atoms with Gasteiger partial charge in [-0.2, -0.15) is 5.10 Å². The highest BCUT2D eigenvalue weighted by atomic mass is 16.7. The van der Waals surface area contributed by atoms with Crippen LogP contribution in [0.15, 0.2) is 30.5 Å². The topological polar surface area (TPSA) is 87.4 Å².